The average molecular weight is 363 g/mol. The number of carboxylic acids is 1. The minimum absolute atomic E-state index is 0.0000903. The van der Waals surface area contributed by atoms with Gasteiger partial charge in [0.2, 0.25) is 5.43 Å². The fourth-order valence-electron chi connectivity index (χ4n) is 3.24. The largest absolute Gasteiger partial charge is 0.477 e. The number of carbonyl (C=O) groups is 2. The fourth-order valence-corrected chi connectivity index (χ4v) is 3.24. The number of aromatic nitrogens is 1. The Balaban J connectivity index is 1.96. The number of rotatable bonds is 2. The van der Waals surface area contributed by atoms with Gasteiger partial charge in [-0.1, -0.05) is 4.48 Å². The molecule has 1 atom stereocenters. The van der Waals surface area contributed by atoms with E-state index in [2.05, 4.69) is 0 Å². The molecule has 1 aromatic carbocycles. The van der Waals surface area contributed by atoms with Crippen LogP contribution in [0.4, 0.5) is 15.0 Å². The summed E-state index contributed by atoms with van der Waals surface area (Å²) < 4.78 is 19.0. The average Bonchev–Trinajstić information content (AvgIpc) is 2.63. The Kier molecular flexibility index (Phi) is 4.54. The lowest BCUT2D eigenvalue weighted by atomic mass is 10.1. The molecular weight excluding hydrogens is 345 g/mol. The lowest BCUT2D eigenvalue weighted by Gasteiger charge is -2.40. The summed E-state index contributed by atoms with van der Waals surface area (Å²) in [6.07, 6.45) is 0.281. The van der Waals surface area contributed by atoms with Gasteiger partial charge in [0, 0.05) is 36.7 Å². The topological polar surface area (TPSA) is 92.1 Å². The third kappa shape index (κ3) is 2.96. The van der Waals surface area contributed by atoms with Crippen LogP contribution in [0.5, 0.6) is 0 Å². The van der Waals surface area contributed by atoms with Crippen molar-refractivity contribution in [3.63, 3.8) is 0 Å². The van der Waals surface area contributed by atoms with Crippen molar-refractivity contribution in [2.75, 3.05) is 31.6 Å². The Morgan fingerprint density at radius 1 is 1.31 bits per heavy atom. The highest BCUT2D eigenvalue weighted by atomic mass is 19.2. The Morgan fingerprint density at radius 2 is 2.04 bits per heavy atom. The second-order valence-corrected chi connectivity index (χ2v) is 6.15. The molecule has 1 fully saturated rings. The number of anilines is 1. The molecule has 0 bridgehead atoms. The summed E-state index contributed by atoms with van der Waals surface area (Å²) in [6.45, 7) is 3.35. The van der Waals surface area contributed by atoms with Crippen LogP contribution in [0.25, 0.3) is 10.9 Å². The second-order valence-electron chi connectivity index (χ2n) is 6.15. The van der Waals surface area contributed by atoms with E-state index in [0.717, 1.165) is 0 Å². The monoisotopic (exact) mass is 363 g/mol. The van der Waals surface area contributed by atoms with Gasteiger partial charge in [-0.2, -0.15) is 4.79 Å². The first kappa shape index (κ1) is 17.7. The van der Waals surface area contributed by atoms with Gasteiger partial charge in [-0.15, -0.1) is 0 Å². The summed E-state index contributed by atoms with van der Waals surface area (Å²) in [7, 11) is 1.33. The lowest BCUT2D eigenvalue weighted by molar-refractivity contribution is 0.0693. The summed E-state index contributed by atoms with van der Waals surface area (Å²) in [5, 5.41) is 9.00. The molecule has 0 aliphatic carbocycles. The molecule has 1 unspecified atom stereocenters. The molecule has 1 aliphatic heterocycles. The van der Waals surface area contributed by atoms with E-state index < -0.39 is 23.1 Å². The number of nitrogens with zero attached hydrogens (tertiary/aromatic N) is 3. The predicted molar refractivity (Wildman–Crippen MR) is 92.5 cm³/mol. The molecule has 1 aliphatic rings. The van der Waals surface area contributed by atoms with Crippen molar-refractivity contribution in [1.29, 1.82) is 0 Å². The van der Waals surface area contributed by atoms with Crippen LogP contribution in [-0.2, 0) is 4.74 Å². The standard InChI is InChI=1S/C17H18FN3O5/c1-10-8-19(17(25)26-2)5-6-20(10)11-3-4-12-14(7-11)21(18)9-13(15(12)22)16(23)24/h3-4,7,9-10H,5-6,8H2,1-2H3,(H,23,24). The zero-order chi connectivity index (χ0) is 19.0. The molecule has 2 heterocycles. The molecule has 2 aromatic rings. The Bertz CT molecular complexity index is 942. The number of halogens is 1. The summed E-state index contributed by atoms with van der Waals surface area (Å²) in [5.74, 6) is -1.47. The number of fused-ring (bicyclic) bond motifs is 1. The van der Waals surface area contributed by atoms with E-state index in [0.29, 0.717) is 31.5 Å². The van der Waals surface area contributed by atoms with Crippen LogP contribution < -0.4 is 10.3 Å². The van der Waals surface area contributed by atoms with Crippen LogP contribution >= 0.6 is 0 Å². The Labute approximate surface area is 147 Å². The van der Waals surface area contributed by atoms with Crippen LogP contribution in [0, 0.1) is 0 Å². The molecule has 1 amide bonds. The van der Waals surface area contributed by atoms with E-state index in [9.17, 15) is 18.9 Å². The number of amides is 1. The molecule has 0 spiro atoms. The third-order valence-corrected chi connectivity index (χ3v) is 4.57. The smallest absolute Gasteiger partial charge is 0.409 e. The lowest BCUT2D eigenvalue weighted by Crippen LogP contribution is -2.53. The van der Waals surface area contributed by atoms with Crippen molar-refractivity contribution in [1.82, 2.24) is 9.69 Å². The highest BCUT2D eigenvalue weighted by Gasteiger charge is 2.27. The molecule has 1 aromatic heterocycles. The van der Waals surface area contributed by atoms with Crippen LogP contribution in [0.1, 0.15) is 17.3 Å². The number of pyridine rings is 1. The molecule has 1 saturated heterocycles. The zero-order valence-electron chi connectivity index (χ0n) is 14.3. The van der Waals surface area contributed by atoms with Gasteiger partial charge in [0.1, 0.15) is 5.56 Å². The van der Waals surface area contributed by atoms with E-state index in [1.54, 1.807) is 11.0 Å². The molecule has 138 valence electrons. The van der Waals surface area contributed by atoms with E-state index in [1.807, 2.05) is 11.8 Å². The zero-order valence-corrected chi connectivity index (χ0v) is 14.3. The molecule has 1 N–H and O–H groups in total. The van der Waals surface area contributed by atoms with Gasteiger partial charge < -0.3 is 19.6 Å². The van der Waals surface area contributed by atoms with Gasteiger partial charge >= 0.3 is 12.1 Å². The van der Waals surface area contributed by atoms with Crippen LogP contribution in [0.2, 0.25) is 0 Å². The minimum Gasteiger partial charge on any atom is -0.477 e. The van der Waals surface area contributed by atoms with Crippen molar-refractivity contribution in [2.24, 2.45) is 0 Å². The highest BCUT2D eigenvalue weighted by molar-refractivity contribution is 5.93. The number of hydrogen-bond donors (Lipinski definition) is 1. The Hall–Kier alpha value is -3.10. The maximum absolute atomic E-state index is 14.3. The Morgan fingerprint density at radius 3 is 2.65 bits per heavy atom. The second kappa shape index (κ2) is 6.66. The summed E-state index contributed by atoms with van der Waals surface area (Å²) in [6, 6.07) is 4.54. The quantitative estimate of drug-likeness (QED) is 0.873. The number of carbonyl (C=O) groups excluding carboxylic acids is 1. The van der Waals surface area contributed by atoms with Crippen LogP contribution in [0.15, 0.2) is 29.2 Å². The maximum atomic E-state index is 14.3. The van der Waals surface area contributed by atoms with E-state index >= 15 is 0 Å². The number of hydrogen-bond acceptors (Lipinski definition) is 5. The van der Waals surface area contributed by atoms with E-state index in [1.165, 1.54) is 19.2 Å². The normalized spacial score (nSPS) is 17.4. The minimum atomic E-state index is -1.47. The number of benzene rings is 1. The SMILES string of the molecule is COC(=O)N1CCN(c2ccc3c(=O)c(C(=O)O)cn(F)c3c2)C(C)C1. The van der Waals surface area contributed by atoms with Gasteiger partial charge in [-0.3, -0.25) is 4.79 Å². The number of ether oxygens (including phenoxy) is 1. The van der Waals surface area contributed by atoms with Crippen molar-refractivity contribution in [3.8, 4) is 0 Å². The molecule has 9 heteroatoms. The highest BCUT2D eigenvalue weighted by Crippen LogP contribution is 2.25. The van der Waals surface area contributed by atoms with E-state index in [4.69, 9.17) is 9.84 Å². The molecule has 0 saturated carbocycles. The first-order valence-electron chi connectivity index (χ1n) is 8.02. The summed E-state index contributed by atoms with van der Waals surface area (Å²) in [5.41, 5.74) is -0.659. The van der Waals surface area contributed by atoms with Crippen LogP contribution in [0.3, 0.4) is 0 Å². The molecule has 8 nitrogen and oxygen atoms in total. The predicted octanol–water partition coefficient (Wildman–Crippen LogP) is 1.71. The van der Waals surface area contributed by atoms with Gasteiger partial charge in [-0.05, 0) is 25.1 Å². The maximum Gasteiger partial charge on any atom is 0.409 e. The number of aromatic carboxylic acids is 1. The van der Waals surface area contributed by atoms with Crippen molar-refractivity contribution in [2.45, 2.75) is 13.0 Å². The molecule has 26 heavy (non-hydrogen) atoms. The molecular formula is C17H18FN3O5. The fraction of sp³-hybridized carbons (Fsp3) is 0.353. The van der Waals surface area contributed by atoms with Gasteiger partial charge in [-0.25, -0.2) is 9.59 Å². The third-order valence-electron chi connectivity index (χ3n) is 4.57. The van der Waals surface area contributed by atoms with Gasteiger partial charge in [0.25, 0.3) is 0 Å². The van der Waals surface area contributed by atoms with Crippen molar-refractivity contribution in [3.05, 3.63) is 40.2 Å². The van der Waals surface area contributed by atoms with Gasteiger partial charge in [0.15, 0.2) is 0 Å². The molecule has 0 radical (unpaired) electrons. The number of piperazine rings is 1. The van der Waals surface area contributed by atoms with Crippen LogP contribution in [-0.4, -0.2) is 59.6 Å². The van der Waals surface area contributed by atoms with Crippen molar-refractivity contribution < 1.29 is 23.9 Å². The number of carboxylic acid groups (broad SMARTS) is 1. The van der Waals surface area contributed by atoms with Crippen molar-refractivity contribution >= 4 is 28.7 Å². The molecule has 3 rings (SSSR count). The van der Waals surface area contributed by atoms with Gasteiger partial charge in [0.05, 0.1) is 18.8 Å². The first-order chi connectivity index (χ1) is 12.3. The summed E-state index contributed by atoms with van der Waals surface area (Å²) in [4.78, 5) is 38.6. The number of methoxy groups -OCH3 is 1. The first-order valence-corrected chi connectivity index (χ1v) is 8.02. The summed E-state index contributed by atoms with van der Waals surface area (Å²) >= 11 is 0. The van der Waals surface area contributed by atoms with E-state index in [-0.39, 0.29) is 21.7 Å².